The molecular weight excluding hydrogens is 228 g/mol. The van der Waals surface area contributed by atoms with Crippen molar-refractivity contribution in [2.24, 2.45) is 0 Å². The highest BCUT2D eigenvalue weighted by Gasteiger charge is 2.17. The Morgan fingerprint density at radius 3 is 2.76 bits per heavy atom. The van der Waals surface area contributed by atoms with E-state index in [1.54, 1.807) is 6.92 Å². The largest absolute Gasteiger partial charge is 0.480 e. The molecule has 0 spiro atoms. The van der Waals surface area contributed by atoms with Crippen LogP contribution in [0.25, 0.3) is 0 Å². The third-order valence-electron chi connectivity index (χ3n) is 1.94. The van der Waals surface area contributed by atoms with E-state index >= 15 is 0 Å². The number of rotatable bonds is 5. The number of amides is 1. The van der Waals surface area contributed by atoms with E-state index in [-0.39, 0.29) is 18.8 Å². The number of carboxylic acids is 1. The molecule has 0 saturated heterocycles. The second-order valence-electron chi connectivity index (χ2n) is 3.73. The molecule has 1 rings (SSSR count). The molecule has 1 atom stereocenters. The lowest BCUT2D eigenvalue weighted by molar-refractivity contribution is -0.137. The maximum atomic E-state index is 11.7. The second-order valence-corrected chi connectivity index (χ2v) is 3.73. The number of likely N-dealkylation sites (N-methyl/N-ethyl adjacent to an activating group) is 1. The minimum atomic E-state index is -1.06. The number of carbonyl (C=O) groups is 2. The molecular formula is C9H14N4O4. The molecule has 1 aromatic heterocycles. The first kappa shape index (κ1) is 13.1. The maximum absolute atomic E-state index is 11.7. The average molecular weight is 242 g/mol. The highest BCUT2D eigenvalue weighted by atomic mass is 16.4. The summed E-state index contributed by atoms with van der Waals surface area (Å²) in [5, 5.41) is 24.7. The van der Waals surface area contributed by atoms with Gasteiger partial charge in [0.05, 0.1) is 12.3 Å². The number of aliphatic hydroxyl groups excluding tert-OH is 1. The Morgan fingerprint density at radius 1 is 1.59 bits per heavy atom. The van der Waals surface area contributed by atoms with E-state index in [2.05, 4.69) is 10.3 Å². The number of aromatic nitrogens is 3. The van der Waals surface area contributed by atoms with Crippen LogP contribution in [0.1, 0.15) is 17.4 Å². The molecule has 0 fully saturated rings. The standard InChI is InChI=1S/C9H14N4O4/c1-6(14)3-12(2)9(17)7-4-13(11-10-7)5-8(15)16/h4,6,14H,3,5H2,1-2H3,(H,15,16). The zero-order valence-corrected chi connectivity index (χ0v) is 9.57. The van der Waals surface area contributed by atoms with E-state index in [1.165, 1.54) is 18.1 Å². The molecule has 17 heavy (non-hydrogen) atoms. The van der Waals surface area contributed by atoms with E-state index in [0.717, 1.165) is 4.68 Å². The first-order chi connectivity index (χ1) is 7.90. The third kappa shape index (κ3) is 3.83. The molecule has 1 aromatic rings. The Kier molecular flexibility index (Phi) is 4.16. The number of aliphatic hydroxyl groups is 1. The van der Waals surface area contributed by atoms with E-state index in [9.17, 15) is 9.59 Å². The summed E-state index contributed by atoms with van der Waals surface area (Å²) < 4.78 is 1.06. The predicted octanol–water partition coefficient (Wildman–Crippen LogP) is -1.18. The van der Waals surface area contributed by atoms with Gasteiger partial charge >= 0.3 is 5.97 Å². The van der Waals surface area contributed by atoms with Crippen LogP contribution < -0.4 is 0 Å². The minimum Gasteiger partial charge on any atom is -0.480 e. The summed E-state index contributed by atoms with van der Waals surface area (Å²) in [7, 11) is 1.52. The number of hydrogen-bond donors (Lipinski definition) is 2. The Hall–Kier alpha value is -1.96. The van der Waals surface area contributed by atoms with Crippen molar-refractivity contribution in [1.29, 1.82) is 0 Å². The Bertz CT molecular complexity index is 415. The van der Waals surface area contributed by atoms with Crippen molar-refractivity contribution in [3.05, 3.63) is 11.9 Å². The predicted molar refractivity (Wildman–Crippen MR) is 56.3 cm³/mol. The van der Waals surface area contributed by atoms with Crippen molar-refractivity contribution in [3.8, 4) is 0 Å². The smallest absolute Gasteiger partial charge is 0.325 e. The molecule has 8 heteroatoms. The molecule has 94 valence electrons. The summed E-state index contributed by atoms with van der Waals surface area (Å²) in [6.45, 7) is 1.38. The molecule has 0 aromatic carbocycles. The number of carbonyl (C=O) groups excluding carboxylic acids is 1. The van der Waals surface area contributed by atoms with E-state index in [0.29, 0.717) is 0 Å². The monoisotopic (exact) mass is 242 g/mol. The topological polar surface area (TPSA) is 109 Å². The number of nitrogens with zero attached hydrogens (tertiary/aromatic N) is 4. The fraction of sp³-hybridized carbons (Fsp3) is 0.556. The number of aliphatic carboxylic acids is 1. The molecule has 2 N–H and O–H groups in total. The molecule has 1 amide bonds. The highest BCUT2D eigenvalue weighted by Crippen LogP contribution is 2.00. The first-order valence-corrected chi connectivity index (χ1v) is 4.95. The molecule has 0 saturated carbocycles. The summed E-state index contributed by atoms with van der Waals surface area (Å²) in [6.07, 6.45) is 0.618. The van der Waals surface area contributed by atoms with Gasteiger partial charge in [0.2, 0.25) is 0 Å². The Balaban J connectivity index is 2.69. The van der Waals surface area contributed by atoms with Crippen LogP contribution in [0.3, 0.4) is 0 Å². The summed E-state index contributed by atoms with van der Waals surface area (Å²) in [6, 6.07) is 0. The van der Waals surface area contributed by atoms with Crippen LogP contribution in [-0.4, -0.2) is 61.7 Å². The van der Waals surface area contributed by atoms with Crippen LogP contribution >= 0.6 is 0 Å². The first-order valence-electron chi connectivity index (χ1n) is 4.95. The van der Waals surface area contributed by atoms with Gasteiger partial charge in [-0.25, -0.2) is 4.68 Å². The van der Waals surface area contributed by atoms with Gasteiger partial charge in [-0.3, -0.25) is 9.59 Å². The van der Waals surface area contributed by atoms with Crippen LogP contribution in [0.15, 0.2) is 6.20 Å². The normalized spacial score (nSPS) is 12.2. The maximum Gasteiger partial charge on any atom is 0.325 e. The fourth-order valence-corrected chi connectivity index (χ4v) is 1.29. The zero-order chi connectivity index (χ0) is 13.0. The summed E-state index contributed by atoms with van der Waals surface area (Å²) in [5.74, 6) is -1.48. The SMILES string of the molecule is CC(O)CN(C)C(=O)c1cn(CC(=O)O)nn1. The van der Waals surface area contributed by atoms with Crippen LogP contribution in [-0.2, 0) is 11.3 Å². The minimum absolute atomic E-state index is 0.0504. The van der Waals surface area contributed by atoms with Gasteiger partial charge in [0.15, 0.2) is 5.69 Å². The quantitative estimate of drug-likeness (QED) is 0.672. The molecule has 0 aliphatic carbocycles. The van der Waals surface area contributed by atoms with Crippen molar-refractivity contribution in [3.63, 3.8) is 0 Å². The zero-order valence-electron chi connectivity index (χ0n) is 9.57. The van der Waals surface area contributed by atoms with Crippen LogP contribution in [0.4, 0.5) is 0 Å². The van der Waals surface area contributed by atoms with Gasteiger partial charge in [0.25, 0.3) is 5.91 Å². The van der Waals surface area contributed by atoms with Crippen LogP contribution in [0.5, 0.6) is 0 Å². The van der Waals surface area contributed by atoms with Gasteiger partial charge < -0.3 is 15.1 Å². The second kappa shape index (κ2) is 5.39. The molecule has 8 nitrogen and oxygen atoms in total. The average Bonchev–Trinajstić information content (AvgIpc) is 2.62. The van der Waals surface area contributed by atoms with Gasteiger partial charge in [-0.15, -0.1) is 5.10 Å². The van der Waals surface area contributed by atoms with E-state index < -0.39 is 18.0 Å². The summed E-state index contributed by atoms with van der Waals surface area (Å²) in [5.41, 5.74) is 0.0504. The lowest BCUT2D eigenvalue weighted by atomic mass is 10.3. The Morgan fingerprint density at radius 2 is 2.24 bits per heavy atom. The van der Waals surface area contributed by atoms with E-state index in [4.69, 9.17) is 10.2 Å². The molecule has 0 radical (unpaired) electrons. The van der Waals surface area contributed by atoms with Crippen LogP contribution in [0, 0.1) is 0 Å². The Labute approximate surface area is 97.5 Å². The van der Waals surface area contributed by atoms with Crippen molar-refractivity contribution >= 4 is 11.9 Å². The summed E-state index contributed by atoms with van der Waals surface area (Å²) >= 11 is 0. The molecule has 0 aliphatic rings. The lowest BCUT2D eigenvalue weighted by Crippen LogP contribution is -2.33. The van der Waals surface area contributed by atoms with Gasteiger partial charge in [0, 0.05) is 13.6 Å². The van der Waals surface area contributed by atoms with Crippen molar-refractivity contribution in [2.75, 3.05) is 13.6 Å². The van der Waals surface area contributed by atoms with Crippen LogP contribution in [0.2, 0.25) is 0 Å². The number of carboxylic acid groups (broad SMARTS) is 1. The van der Waals surface area contributed by atoms with Gasteiger partial charge in [0.1, 0.15) is 6.54 Å². The molecule has 0 bridgehead atoms. The van der Waals surface area contributed by atoms with Gasteiger partial charge in [-0.05, 0) is 6.92 Å². The third-order valence-corrected chi connectivity index (χ3v) is 1.94. The molecule has 1 heterocycles. The summed E-state index contributed by atoms with van der Waals surface area (Å²) in [4.78, 5) is 23.4. The highest BCUT2D eigenvalue weighted by molar-refractivity contribution is 5.91. The van der Waals surface area contributed by atoms with Gasteiger partial charge in [-0.2, -0.15) is 0 Å². The lowest BCUT2D eigenvalue weighted by Gasteiger charge is -2.16. The van der Waals surface area contributed by atoms with Crippen molar-refractivity contribution in [2.45, 2.75) is 19.6 Å². The van der Waals surface area contributed by atoms with Crippen molar-refractivity contribution in [1.82, 2.24) is 19.9 Å². The van der Waals surface area contributed by atoms with E-state index in [1.807, 2.05) is 0 Å². The molecule has 1 unspecified atom stereocenters. The van der Waals surface area contributed by atoms with Gasteiger partial charge in [-0.1, -0.05) is 5.21 Å². The van der Waals surface area contributed by atoms with Crippen molar-refractivity contribution < 1.29 is 19.8 Å². The fourth-order valence-electron chi connectivity index (χ4n) is 1.29. The number of hydrogen-bond acceptors (Lipinski definition) is 5. The molecule has 0 aliphatic heterocycles.